The van der Waals surface area contributed by atoms with Gasteiger partial charge in [0.25, 0.3) is 11.8 Å². The van der Waals surface area contributed by atoms with Crippen LogP contribution in [0.5, 0.6) is 5.75 Å². The van der Waals surface area contributed by atoms with Crippen molar-refractivity contribution in [3.05, 3.63) is 60.2 Å². The second-order valence-corrected chi connectivity index (χ2v) is 7.45. The highest BCUT2D eigenvalue weighted by Crippen LogP contribution is 2.25. The number of benzene rings is 2. The maximum atomic E-state index is 13.0. The van der Waals surface area contributed by atoms with Gasteiger partial charge < -0.3 is 20.6 Å². The molecule has 0 aromatic heterocycles. The maximum absolute atomic E-state index is 13.0. The van der Waals surface area contributed by atoms with E-state index in [0.717, 1.165) is 0 Å². The summed E-state index contributed by atoms with van der Waals surface area (Å²) in [5.74, 6) is -1.15. The van der Waals surface area contributed by atoms with Crippen molar-refractivity contribution >= 4 is 29.1 Å². The smallest absolute Gasteiger partial charge is 0.270 e. The van der Waals surface area contributed by atoms with Crippen LogP contribution in [0.15, 0.2) is 59.7 Å². The second kappa shape index (κ2) is 8.47. The number of anilines is 1. The number of hydrogen-bond donors (Lipinski definition) is 2. The number of aromatic hydroxyl groups is 1. The van der Waals surface area contributed by atoms with Crippen LogP contribution in [0.3, 0.4) is 0 Å². The molecule has 2 aliphatic rings. The largest absolute Gasteiger partial charge is 0.507 e. The number of para-hydroxylation sites is 2. The molecule has 1 atom stereocenters. The van der Waals surface area contributed by atoms with Crippen molar-refractivity contribution in [2.45, 2.75) is 12.5 Å². The Morgan fingerprint density at radius 2 is 1.45 bits per heavy atom. The molecule has 2 aromatic rings. The molecule has 1 unspecified atom stereocenters. The number of phenolic OH excluding ortho intramolecular Hbond substituents is 1. The van der Waals surface area contributed by atoms with E-state index in [1.165, 1.54) is 11.1 Å². The first-order valence-electron chi connectivity index (χ1n) is 10.0. The quantitative estimate of drug-likeness (QED) is 0.757. The Morgan fingerprint density at radius 3 is 2.06 bits per heavy atom. The Morgan fingerprint density at radius 1 is 0.871 bits per heavy atom. The van der Waals surface area contributed by atoms with Crippen LogP contribution < -0.4 is 10.7 Å². The molecule has 9 heteroatoms. The van der Waals surface area contributed by atoms with Gasteiger partial charge in [0, 0.05) is 32.6 Å². The number of primary amides is 1. The number of rotatable bonds is 4. The number of hydrazone groups is 1. The first-order chi connectivity index (χ1) is 15.0. The summed E-state index contributed by atoms with van der Waals surface area (Å²) in [7, 11) is 0. The topological polar surface area (TPSA) is 120 Å². The van der Waals surface area contributed by atoms with E-state index in [9.17, 15) is 19.5 Å². The molecule has 9 nitrogen and oxygen atoms in total. The van der Waals surface area contributed by atoms with E-state index < -0.39 is 11.9 Å². The van der Waals surface area contributed by atoms with Gasteiger partial charge in [-0.25, -0.2) is 0 Å². The third-order valence-corrected chi connectivity index (χ3v) is 5.49. The van der Waals surface area contributed by atoms with Gasteiger partial charge in [-0.3, -0.25) is 19.4 Å². The van der Waals surface area contributed by atoms with Crippen LogP contribution in [0.1, 0.15) is 16.8 Å². The van der Waals surface area contributed by atoms with Gasteiger partial charge in [0.15, 0.2) is 0 Å². The summed E-state index contributed by atoms with van der Waals surface area (Å²) >= 11 is 0. The molecule has 31 heavy (non-hydrogen) atoms. The van der Waals surface area contributed by atoms with E-state index in [2.05, 4.69) is 5.10 Å². The number of hydrogen-bond acceptors (Lipinski definition) is 6. The highest BCUT2D eigenvalue weighted by atomic mass is 16.3. The number of phenols is 1. The van der Waals surface area contributed by atoms with Crippen molar-refractivity contribution in [1.82, 2.24) is 9.80 Å². The zero-order chi connectivity index (χ0) is 22.0. The molecule has 160 valence electrons. The predicted octanol–water partition coefficient (Wildman–Crippen LogP) is 0.797. The number of piperazine rings is 1. The van der Waals surface area contributed by atoms with E-state index >= 15 is 0 Å². The Balaban J connectivity index is 1.43. The molecule has 0 bridgehead atoms. The minimum absolute atomic E-state index is 0.0650. The van der Waals surface area contributed by atoms with E-state index in [0.29, 0.717) is 31.9 Å². The first-order valence-corrected chi connectivity index (χ1v) is 10.0. The van der Waals surface area contributed by atoms with Crippen molar-refractivity contribution in [3.63, 3.8) is 0 Å². The van der Waals surface area contributed by atoms with Gasteiger partial charge in [0.2, 0.25) is 5.91 Å². The lowest BCUT2D eigenvalue weighted by Crippen LogP contribution is -2.52. The molecule has 2 heterocycles. The van der Waals surface area contributed by atoms with E-state index in [1.807, 2.05) is 18.2 Å². The molecule has 0 aliphatic carbocycles. The SMILES string of the molecule is NC(=O)C1CC(C(=O)N2CCN(C(=O)c3ccccc3O)CC2)=NN1c1ccccc1. The Bertz CT molecular complexity index is 1030. The number of nitrogens with zero attached hydrogens (tertiary/aromatic N) is 4. The molecule has 1 fully saturated rings. The van der Waals surface area contributed by atoms with Crippen molar-refractivity contribution in [1.29, 1.82) is 0 Å². The molecular weight excluding hydrogens is 398 g/mol. The van der Waals surface area contributed by atoms with Gasteiger partial charge in [-0.15, -0.1) is 0 Å². The average molecular weight is 421 g/mol. The molecule has 4 rings (SSSR count). The van der Waals surface area contributed by atoms with Crippen LogP contribution in [0.4, 0.5) is 5.69 Å². The normalized spacial score (nSPS) is 18.6. The van der Waals surface area contributed by atoms with Crippen molar-refractivity contribution in [2.24, 2.45) is 10.8 Å². The molecule has 0 radical (unpaired) electrons. The molecule has 1 saturated heterocycles. The van der Waals surface area contributed by atoms with Gasteiger partial charge >= 0.3 is 0 Å². The van der Waals surface area contributed by atoms with Crippen molar-refractivity contribution < 1.29 is 19.5 Å². The van der Waals surface area contributed by atoms with Gasteiger partial charge in [-0.05, 0) is 24.3 Å². The summed E-state index contributed by atoms with van der Waals surface area (Å²) in [6.07, 6.45) is 0.139. The van der Waals surface area contributed by atoms with Crippen LogP contribution in [0, 0.1) is 0 Å². The van der Waals surface area contributed by atoms with Crippen LogP contribution in [0.2, 0.25) is 0 Å². The Kier molecular flexibility index (Phi) is 5.57. The highest BCUT2D eigenvalue weighted by Gasteiger charge is 2.37. The zero-order valence-corrected chi connectivity index (χ0v) is 16.8. The third kappa shape index (κ3) is 4.07. The standard InChI is InChI=1S/C22H23N5O4/c23-20(29)18-14-17(24-27(18)15-6-2-1-3-7-15)22(31)26-12-10-25(11-13-26)21(30)16-8-4-5-9-19(16)28/h1-9,18,28H,10-14H2,(H2,23,29). The van der Waals surface area contributed by atoms with Gasteiger partial charge in [-0.2, -0.15) is 5.10 Å². The lowest BCUT2D eigenvalue weighted by Gasteiger charge is -2.34. The van der Waals surface area contributed by atoms with Crippen LogP contribution >= 0.6 is 0 Å². The lowest BCUT2D eigenvalue weighted by molar-refractivity contribution is -0.125. The van der Waals surface area contributed by atoms with Crippen LogP contribution in [0.25, 0.3) is 0 Å². The zero-order valence-electron chi connectivity index (χ0n) is 16.8. The summed E-state index contributed by atoms with van der Waals surface area (Å²) in [5, 5.41) is 15.8. The summed E-state index contributed by atoms with van der Waals surface area (Å²) in [6, 6.07) is 14.8. The number of amides is 3. The van der Waals surface area contributed by atoms with Crippen LogP contribution in [-0.2, 0) is 9.59 Å². The molecular formula is C22H23N5O4. The van der Waals surface area contributed by atoms with Gasteiger partial charge in [0.05, 0.1) is 11.3 Å². The molecule has 2 aromatic carbocycles. The minimum Gasteiger partial charge on any atom is -0.507 e. The number of carbonyl (C=O) groups excluding carboxylic acids is 3. The van der Waals surface area contributed by atoms with Gasteiger partial charge in [-0.1, -0.05) is 30.3 Å². The molecule has 0 saturated carbocycles. The average Bonchev–Trinajstić information content (AvgIpc) is 3.25. The highest BCUT2D eigenvalue weighted by molar-refractivity contribution is 6.40. The summed E-state index contributed by atoms with van der Waals surface area (Å²) in [4.78, 5) is 40.8. The Labute approximate surface area is 179 Å². The third-order valence-electron chi connectivity index (χ3n) is 5.49. The maximum Gasteiger partial charge on any atom is 0.270 e. The van der Waals surface area contributed by atoms with E-state index in [1.54, 1.807) is 40.1 Å². The number of nitrogens with two attached hydrogens (primary N) is 1. The fourth-order valence-electron chi connectivity index (χ4n) is 3.80. The van der Waals surface area contributed by atoms with E-state index in [-0.39, 0.29) is 35.3 Å². The van der Waals surface area contributed by atoms with Crippen molar-refractivity contribution in [3.8, 4) is 5.75 Å². The fourth-order valence-corrected chi connectivity index (χ4v) is 3.80. The number of carbonyl (C=O) groups is 3. The first kappa shape index (κ1) is 20.4. The van der Waals surface area contributed by atoms with Crippen molar-refractivity contribution in [2.75, 3.05) is 31.2 Å². The summed E-state index contributed by atoms with van der Waals surface area (Å²) < 4.78 is 0. The fraction of sp³-hybridized carbons (Fsp3) is 0.273. The molecule has 3 N–H and O–H groups in total. The molecule has 2 aliphatic heterocycles. The molecule has 0 spiro atoms. The lowest BCUT2D eigenvalue weighted by atomic mass is 10.1. The summed E-state index contributed by atoms with van der Waals surface area (Å²) in [5.41, 5.74) is 6.74. The van der Waals surface area contributed by atoms with E-state index in [4.69, 9.17) is 5.73 Å². The monoisotopic (exact) mass is 421 g/mol. The summed E-state index contributed by atoms with van der Waals surface area (Å²) in [6.45, 7) is 1.36. The van der Waals surface area contributed by atoms with Crippen LogP contribution in [-0.4, -0.2) is 70.6 Å². The van der Waals surface area contributed by atoms with Gasteiger partial charge in [0.1, 0.15) is 17.5 Å². The Hall–Kier alpha value is -3.88. The predicted molar refractivity (Wildman–Crippen MR) is 115 cm³/mol. The molecule has 3 amide bonds. The minimum atomic E-state index is -0.717. The second-order valence-electron chi connectivity index (χ2n) is 7.45.